The third-order valence-corrected chi connectivity index (χ3v) is 2.75. The highest BCUT2D eigenvalue weighted by atomic mass is 35.5. The summed E-state index contributed by atoms with van der Waals surface area (Å²) in [7, 11) is 0. The first-order valence-corrected chi connectivity index (χ1v) is 6.93. The van der Waals surface area contributed by atoms with Crippen molar-refractivity contribution >= 4 is 23.4 Å². The van der Waals surface area contributed by atoms with Crippen LogP contribution in [0.4, 0.5) is 0 Å². The standard InChI is InChI=1S/C11H17ClN2OS/c1-8(2)5-4-6-15-10-7-9(12)13-11(14-10)16-3/h7-8H,4-6H2,1-3H3. The Kier molecular flexibility index (Phi) is 5.91. The third-order valence-electron chi connectivity index (χ3n) is 2.01. The molecule has 1 aromatic rings. The maximum atomic E-state index is 5.85. The number of hydrogen-bond donors (Lipinski definition) is 0. The van der Waals surface area contributed by atoms with Crippen LogP contribution in [0.2, 0.25) is 5.15 Å². The number of ether oxygens (including phenoxy) is 1. The Hall–Kier alpha value is -0.480. The van der Waals surface area contributed by atoms with Crippen molar-refractivity contribution < 1.29 is 4.74 Å². The highest BCUT2D eigenvalue weighted by molar-refractivity contribution is 7.98. The van der Waals surface area contributed by atoms with Gasteiger partial charge in [0.2, 0.25) is 5.88 Å². The first-order valence-electron chi connectivity index (χ1n) is 5.33. The van der Waals surface area contributed by atoms with Gasteiger partial charge in [0.1, 0.15) is 5.15 Å². The summed E-state index contributed by atoms with van der Waals surface area (Å²) in [5.41, 5.74) is 0. The maximum Gasteiger partial charge on any atom is 0.218 e. The molecule has 0 fully saturated rings. The number of nitrogens with zero attached hydrogens (tertiary/aromatic N) is 2. The van der Waals surface area contributed by atoms with Crippen LogP contribution in [-0.4, -0.2) is 22.8 Å². The summed E-state index contributed by atoms with van der Waals surface area (Å²) in [6.45, 7) is 5.08. The minimum Gasteiger partial charge on any atom is -0.478 e. The summed E-state index contributed by atoms with van der Waals surface area (Å²) < 4.78 is 5.53. The van der Waals surface area contributed by atoms with E-state index in [-0.39, 0.29) is 0 Å². The molecular weight excluding hydrogens is 244 g/mol. The molecule has 0 bridgehead atoms. The van der Waals surface area contributed by atoms with Gasteiger partial charge in [-0.05, 0) is 25.0 Å². The summed E-state index contributed by atoms with van der Waals surface area (Å²) in [6.07, 6.45) is 4.11. The predicted molar refractivity (Wildman–Crippen MR) is 68.4 cm³/mol. The van der Waals surface area contributed by atoms with Gasteiger partial charge >= 0.3 is 0 Å². The summed E-state index contributed by atoms with van der Waals surface area (Å²) in [6, 6.07) is 1.65. The van der Waals surface area contributed by atoms with E-state index < -0.39 is 0 Å². The molecule has 0 aliphatic heterocycles. The molecule has 0 N–H and O–H groups in total. The van der Waals surface area contributed by atoms with Gasteiger partial charge < -0.3 is 4.74 Å². The van der Waals surface area contributed by atoms with Crippen LogP contribution in [0, 0.1) is 5.92 Å². The van der Waals surface area contributed by atoms with E-state index in [4.69, 9.17) is 16.3 Å². The molecule has 0 saturated heterocycles. The fourth-order valence-electron chi connectivity index (χ4n) is 1.21. The molecule has 0 aliphatic carbocycles. The fourth-order valence-corrected chi connectivity index (χ4v) is 1.81. The number of rotatable bonds is 6. The van der Waals surface area contributed by atoms with Gasteiger partial charge in [-0.25, -0.2) is 4.98 Å². The van der Waals surface area contributed by atoms with Gasteiger partial charge in [0.05, 0.1) is 6.61 Å². The van der Waals surface area contributed by atoms with Gasteiger partial charge in [0, 0.05) is 6.07 Å². The number of halogens is 1. The molecule has 0 radical (unpaired) electrons. The van der Waals surface area contributed by atoms with Crippen molar-refractivity contribution in [3.05, 3.63) is 11.2 Å². The third kappa shape index (κ3) is 5.03. The van der Waals surface area contributed by atoms with Crippen LogP contribution < -0.4 is 4.74 Å². The largest absolute Gasteiger partial charge is 0.478 e. The first kappa shape index (κ1) is 13.6. The van der Waals surface area contributed by atoms with E-state index in [0.717, 1.165) is 12.8 Å². The molecule has 0 saturated carbocycles. The molecule has 0 spiro atoms. The van der Waals surface area contributed by atoms with E-state index in [0.29, 0.717) is 28.7 Å². The average Bonchev–Trinajstić information content (AvgIpc) is 2.23. The minimum absolute atomic E-state index is 0.429. The molecule has 16 heavy (non-hydrogen) atoms. The zero-order valence-corrected chi connectivity index (χ0v) is 11.4. The number of thioether (sulfide) groups is 1. The SMILES string of the molecule is CSc1nc(Cl)cc(OCCCC(C)C)n1. The zero-order valence-electron chi connectivity index (χ0n) is 9.86. The van der Waals surface area contributed by atoms with Crippen LogP contribution in [0.3, 0.4) is 0 Å². The van der Waals surface area contributed by atoms with Gasteiger partial charge in [-0.1, -0.05) is 37.2 Å². The zero-order chi connectivity index (χ0) is 12.0. The van der Waals surface area contributed by atoms with Crippen molar-refractivity contribution in [1.29, 1.82) is 0 Å². The molecule has 0 atom stereocenters. The maximum absolute atomic E-state index is 5.85. The van der Waals surface area contributed by atoms with E-state index in [1.807, 2.05) is 6.26 Å². The van der Waals surface area contributed by atoms with Crippen LogP contribution in [-0.2, 0) is 0 Å². The second-order valence-corrected chi connectivity index (χ2v) is 5.06. The second-order valence-electron chi connectivity index (χ2n) is 3.90. The van der Waals surface area contributed by atoms with E-state index in [1.165, 1.54) is 11.8 Å². The molecule has 0 unspecified atom stereocenters. The Bertz CT molecular complexity index is 334. The lowest BCUT2D eigenvalue weighted by molar-refractivity contribution is 0.284. The van der Waals surface area contributed by atoms with Gasteiger partial charge in [-0.2, -0.15) is 4.98 Å². The van der Waals surface area contributed by atoms with Gasteiger partial charge in [-0.15, -0.1) is 0 Å². The highest BCUT2D eigenvalue weighted by Gasteiger charge is 2.03. The molecule has 0 aromatic carbocycles. The van der Waals surface area contributed by atoms with Crippen molar-refractivity contribution in [2.75, 3.05) is 12.9 Å². The Morgan fingerprint density at radius 2 is 2.19 bits per heavy atom. The van der Waals surface area contributed by atoms with Gasteiger partial charge in [0.15, 0.2) is 5.16 Å². The average molecular weight is 261 g/mol. The molecule has 90 valence electrons. The molecule has 0 aliphatic rings. The Morgan fingerprint density at radius 1 is 1.44 bits per heavy atom. The van der Waals surface area contributed by atoms with Crippen molar-refractivity contribution in [2.24, 2.45) is 5.92 Å². The lowest BCUT2D eigenvalue weighted by Gasteiger charge is -2.07. The quantitative estimate of drug-likeness (QED) is 0.338. The van der Waals surface area contributed by atoms with E-state index in [1.54, 1.807) is 6.07 Å². The second kappa shape index (κ2) is 6.97. The Labute approximate surface area is 106 Å². The monoisotopic (exact) mass is 260 g/mol. The van der Waals surface area contributed by atoms with Gasteiger partial charge in [0.25, 0.3) is 0 Å². The molecule has 1 rings (SSSR count). The van der Waals surface area contributed by atoms with Crippen LogP contribution in [0.5, 0.6) is 5.88 Å². The van der Waals surface area contributed by atoms with E-state index in [9.17, 15) is 0 Å². The molecule has 0 amide bonds. The summed E-state index contributed by atoms with van der Waals surface area (Å²) in [4.78, 5) is 8.26. The summed E-state index contributed by atoms with van der Waals surface area (Å²) in [5.74, 6) is 1.27. The van der Waals surface area contributed by atoms with Crippen LogP contribution in [0.25, 0.3) is 0 Å². The normalized spacial score (nSPS) is 10.8. The smallest absolute Gasteiger partial charge is 0.218 e. The molecular formula is C11H17ClN2OS. The summed E-state index contributed by atoms with van der Waals surface area (Å²) in [5, 5.41) is 1.07. The Balaban J connectivity index is 2.44. The van der Waals surface area contributed by atoms with Crippen molar-refractivity contribution in [3.63, 3.8) is 0 Å². The van der Waals surface area contributed by atoms with Crippen molar-refractivity contribution in [1.82, 2.24) is 9.97 Å². The van der Waals surface area contributed by atoms with Crippen LogP contribution in [0.15, 0.2) is 11.2 Å². The fraction of sp³-hybridized carbons (Fsp3) is 0.636. The lowest BCUT2D eigenvalue weighted by atomic mass is 10.1. The van der Waals surface area contributed by atoms with Crippen molar-refractivity contribution in [3.8, 4) is 5.88 Å². The molecule has 1 aromatic heterocycles. The van der Waals surface area contributed by atoms with Crippen molar-refractivity contribution in [2.45, 2.75) is 31.8 Å². The first-order chi connectivity index (χ1) is 7.61. The van der Waals surface area contributed by atoms with Gasteiger partial charge in [-0.3, -0.25) is 0 Å². The molecule has 3 nitrogen and oxygen atoms in total. The van der Waals surface area contributed by atoms with E-state index >= 15 is 0 Å². The van der Waals surface area contributed by atoms with Crippen LogP contribution >= 0.6 is 23.4 Å². The Morgan fingerprint density at radius 3 is 2.81 bits per heavy atom. The topological polar surface area (TPSA) is 35.0 Å². The lowest BCUT2D eigenvalue weighted by Crippen LogP contribution is -2.02. The summed E-state index contributed by atoms with van der Waals surface area (Å²) >= 11 is 7.30. The minimum atomic E-state index is 0.429. The predicted octanol–water partition coefficient (Wildman–Crippen LogP) is 3.67. The number of hydrogen-bond acceptors (Lipinski definition) is 4. The van der Waals surface area contributed by atoms with Crippen LogP contribution in [0.1, 0.15) is 26.7 Å². The highest BCUT2D eigenvalue weighted by Crippen LogP contribution is 2.19. The van der Waals surface area contributed by atoms with E-state index in [2.05, 4.69) is 23.8 Å². The molecule has 1 heterocycles. The number of aromatic nitrogens is 2. The molecule has 5 heteroatoms.